The lowest BCUT2D eigenvalue weighted by Gasteiger charge is -2.09. The van der Waals surface area contributed by atoms with E-state index in [1.165, 1.54) is 18.2 Å². The zero-order valence-corrected chi connectivity index (χ0v) is 11.3. The topological polar surface area (TPSA) is 67.5 Å². The third-order valence-electron chi connectivity index (χ3n) is 2.58. The van der Waals surface area contributed by atoms with Crippen LogP contribution < -0.4 is 11.1 Å². The molecule has 0 radical (unpaired) electrons. The molecular formula is C14H18FN3O. The molecule has 102 valence electrons. The lowest BCUT2D eigenvalue weighted by atomic mass is 10.1. The van der Waals surface area contributed by atoms with Crippen molar-refractivity contribution in [3.05, 3.63) is 35.7 Å². The van der Waals surface area contributed by atoms with Crippen molar-refractivity contribution in [3.63, 3.8) is 0 Å². The first kappa shape index (κ1) is 14.9. The Hall–Kier alpha value is -2.17. The largest absolute Gasteiger partial charge is 0.387 e. The number of nitrogens with one attached hydrogen (secondary N) is 1. The van der Waals surface area contributed by atoms with Gasteiger partial charge in [0.05, 0.1) is 5.70 Å². The molecule has 0 aliphatic carbocycles. The van der Waals surface area contributed by atoms with Crippen LogP contribution >= 0.6 is 0 Å². The SMILES string of the molecule is C/C=C(\N=C(N)C(C)C)c1cc(NC=O)ccc1F. The van der Waals surface area contributed by atoms with Gasteiger partial charge in [-0.1, -0.05) is 19.9 Å². The summed E-state index contributed by atoms with van der Waals surface area (Å²) in [7, 11) is 0. The summed E-state index contributed by atoms with van der Waals surface area (Å²) in [4.78, 5) is 14.6. The van der Waals surface area contributed by atoms with Crippen LogP contribution in [0.1, 0.15) is 26.3 Å². The fourth-order valence-corrected chi connectivity index (χ4v) is 1.43. The molecule has 0 spiro atoms. The summed E-state index contributed by atoms with van der Waals surface area (Å²) in [5.74, 6) is 0.0976. The molecule has 0 saturated heterocycles. The van der Waals surface area contributed by atoms with E-state index in [2.05, 4.69) is 10.3 Å². The van der Waals surface area contributed by atoms with E-state index in [-0.39, 0.29) is 5.92 Å². The van der Waals surface area contributed by atoms with Crippen LogP contribution in [0.5, 0.6) is 0 Å². The quantitative estimate of drug-likeness (QED) is 0.487. The lowest BCUT2D eigenvalue weighted by molar-refractivity contribution is -0.105. The molecule has 0 bridgehead atoms. The van der Waals surface area contributed by atoms with Gasteiger partial charge >= 0.3 is 0 Å². The molecule has 1 rings (SSSR count). The van der Waals surface area contributed by atoms with E-state index in [1.807, 2.05) is 13.8 Å². The first-order chi connectivity index (χ1) is 8.99. The van der Waals surface area contributed by atoms with Crippen molar-refractivity contribution < 1.29 is 9.18 Å². The number of carbonyl (C=O) groups excluding carboxylic acids is 1. The number of hydrogen-bond acceptors (Lipinski definition) is 2. The van der Waals surface area contributed by atoms with Gasteiger partial charge in [-0.25, -0.2) is 9.38 Å². The van der Waals surface area contributed by atoms with Crippen molar-refractivity contribution in [1.29, 1.82) is 0 Å². The second-order valence-electron chi connectivity index (χ2n) is 4.32. The Balaban J connectivity index is 3.22. The van der Waals surface area contributed by atoms with Crippen molar-refractivity contribution in [3.8, 4) is 0 Å². The van der Waals surface area contributed by atoms with Gasteiger partial charge in [0.2, 0.25) is 6.41 Å². The molecule has 1 aromatic rings. The molecule has 1 aromatic carbocycles. The van der Waals surface area contributed by atoms with Gasteiger partial charge in [0.25, 0.3) is 0 Å². The maximum absolute atomic E-state index is 13.8. The van der Waals surface area contributed by atoms with Crippen molar-refractivity contribution in [2.24, 2.45) is 16.6 Å². The van der Waals surface area contributed by atoms with E-state index < -0.39 is 5.82 Å². The highest BCUT2D eigenvalue weighted by Gasteiger charge is 2.09. The monoisotopic (exact) mass is 263 g/mol. The van der Waals surface area contributed by atoms with Gasteiger partial charge in [0.1, 0.15) is 11.7 Å². The Morgan fingerprint density at radius 1 is 1.47 bits per heavy atom. The molecule has 0 fully saturated rings. The van der Waals surface area contributed by atoms with Gasteiger partial charge in [-0.3, -0.25) is 4.79 Å². The van der Waals surface area contributed by atoms with E-state index in [1.54, 1.807) is 13.0 Å². The second-order valence-corrected chi connectivity index (χ2v) is 4.32. The van der Waals surface area contributed by atoms with Gasteiger partial charge in [-0.15, -0.1) is 0 Å². The van der Waals surface area contributed by atoms with Crippen molar-refractivity contribution in [2.45, 2.75) is 20.8 Å². The van der Waals surface area contributed by atoms with Gasteiger partial charge < -0.3 is 11.1 Å². The fraction of sp³-hybridized carbons (Fsp3) is 0.286. The molecule has 0 aliphatic heterocycles. The highest BCUT2D eigenvalue weighted by atomic mass is 19.1. The van der Waals surface area contributed by atoms with Gasteiger partial charge in [-0.05, 0) is 25.1 Å². The van der Waals surface area contributed by atoms with E-state index >= 15 is 0 Å². The summed E-state index contributed by atoms with van der Waals surface area (Å²) >= 11 is 0. The minimum atomic E-state index is -0.412. The number of anilines is 1. The average molecular weight is 263 g/mol. The molecular weight excluding hydrogens is 245 g/mol. The highest BCUT2D eigenvalue weighted by molar-refractivity contribution is 5.88. The van der Waals surface area contributed by atoms with Crippen LogP contribution in [0.4, 0.5) is 10.1 Å². The maximum atomic E-state index is 13.8. The predicted octanol–water partition coefficient (Wildman–Crippen LogP) is 2.77. The molecule has 0 unspecified atom stereocenters. The van der Waals surface area contributed by atoms with E-state index in [0.29, 0.717) is 29.2 Å². The van der Waals surface area contributed by atoms with Crippen LogP contribution in [0.15, 0.2) is 29.3 Å². The van der Waals surface area contributed by atoms with Gasteiger partial charge in [0.15, 0.2) is 0 Å². The third kappa shape index (κ3) is 3.91. The molecule has 1 amide bonds. The zero-order valence-electron chi connectivity index (χ0n) is 11.3. The summed E-state index contributed by atoms with van der Waals surface area (Å²) in [6.07, 6.45) is 2.22. The molecule has 0 heterocycles. The average Bonchev–Trinajstić information content (AvgIpc) is 2.38. The normalized spacial score (nSPS) is 12.7. The van der Waals surface area contributed by atoms with Crippen LogP contribution in [0.25, 0.3) is 5.70 Å². The Bertz CT molecular complexity index is 521. The van der Waals surface area contributed by atoms with Crippen molar-refractivity contribution in [2.75, 3.05) is 5.32 Å². The number of benzene rings is 1. The van der Waals surface area contributed by atoms with E-state index in [0.717, 1.165) is 0 Å². The van der Waals surface area contributed by atoms with Crippen molar-refractivity contribution in [1.82, 2.24) is 0 Å². The van der Waals surface area contributed by atoms with Crippen LogP contribution in [0.2, 0.25) is 0 Å². The number of nitrogens with two attached hydrogens (primary N) is 1. The summed E-state index contributed by atoms with van der Waals surface area (Å²) in [6, 6.07) is 4.29. The van der Waals surface area contributed by atoms with Crippen molar-refractivity contribution >= 4 is 23.6 Å². The number of nitrogens with zero attached hydrogens (tertiary/aromatic N) is 1. The van der Waals surface area contributed by atoms with Crippen LogP contribution in [0, 0.1) is 11.7 Å². The number of rotatable bonds is 5. The second kappa shape index (κ2) is 6.68. The molecule has 5 heteroatoms. The third-order valence-corrected chi connectivity index (χ3v) is 2.58. The number of allylic oxidation sites excluding steroid dienone is 1. The molecule has 0 aliphatic rings. The molecule has 4 nitrogen and oxygen atoms in total. The lowest BCUT2D eigenvalue weighted by Crippen LogP contribution is -2.18. The Morgan fingerprint density at radius 2 is 2.16 bits per heavy atom. The smallest absolute Gasteiger partial charge is 0.211 e. The molecule has 0 saturated carbocycles. The van der Waals surface area contributed by atoms with Crippen LogP contribution in [0.3, 0.4) is 0 Å². The number of aliphatic imine (C=N–C) groups is 1. The first-order valence-corrected chi connectivity index (χ1v) is 6.00. The highest BCUT2D eigenvalue weighted by Crippen LogP contribution is 2.23. The number of amides is 1. The molecule has 0 aromatic heterocycles. The van der Waals surface area contributed by atoms with Crippen LogP contribution in [-0.4, -0.2) is 12.2 Å². The molecule has 3 N–H and O–H groups in total. The number of carbonyl (C=O) groups is 1. The van der Waals surface area contributed by atoms with Gasteiger partial charge in [0, 0.05) is 17.2 Å². The Morgan fingerprint density at radius 3 is 2.68 bits per heavy atom. The summed E-state index contributed by atoms with van der Waals surface area (Å²) in [5.41, 5.74) is 7.04. The number of halogens is 1. The minimum absolute atomic E-state index is 0.0781. The summed E-state index contributed by atoms with van der Waals surface area (Å²) in [5, 5.41) is 2.48. The predicted molar refractivity (Wildman–Crippen MR) is 76.2 cm³/mol. The van der Waals surface area contributed by atoms with E-state index in [9.17, 15) is 9.18 Å². The first-order valence-electron chi connectivity index (χ1n) is 6.00. The summed E-state index contributed by atoms with van der Waals surface area (Å²) < 4.78 is 13.8. The maximum Gasteiger partial charge on any atom is 0.211 e. The Labute approximate surface area is 112 Å². The number of hydrogen-bond donors (Lipinski definition) is 2. The molecule has 0 atom stereocenters. The zero-order chi connectivity index (χ0) is 14.4. The van der Waals surface area contributed by atoms with Gasteiger partial charge in [-0.2, -0.15) is 0 Å². The van der Waals surface area contributed by atoms with E-state index in [4.69, 9.17) is 5.73 Å². The molecule has 19 heavy (non-hydrogen) atoms. The number of amidine groups is 1. The minimum Gasteiger partial charge on any atom is -0.387 e. The summed E-state index contributed by atoms with van der Waals surface area (Å²) in [6.45, 7) is 5.57. The standard InChI is InChI=1S/C14H18FN3O/c1-4-13(18-14(16)9(2)3)11-7-10(17-8-19)5-6-12(11)15/h4-9H,1-3H3,(H2,16,18)(H,17,19)/b13-4-. The Kier molecular flexibility index (Phi) is 5.23. The van der Waals surface area contributed by atoms with Crippen LogP contribution in [-0.2, 0) is 4.79 Å². The fourth-order valence-electron chi connectivity index (χ4n) is 1.43.